The van der Waals surface area contributed by atoms with Crippen molar-refractivity contribution in [3.05, 3.63) is 10.6 Å². The van der Waals surface area contributed by atoms with E-state index in [1.807, 2.05) is 6.92 Å². The number of carbonyl (C=O) groups is 1. The lowest BCUT2D eigenvalue weighted by molar-refractivity contribution is -0.145. The quantitative estimate of drug-likeness (QED) is 0.803. The first-order valence-corrected chi connectivity index (χ1v) is 8.92. The molecule has 2 unspecified atom stereocenters. The summed E-state index contributed by atoms with van der Waals surface area (Å²) in [6.45, 7) is 6.81. The topological polar surface area (TPSA) is 42.4 Å². The van der Waals surface area contributed by atoms with Gasteiger partial charge in [0.2, 0.25) is 0 Å². The van der Waals surface area contributed by atoms with E-state index in [-0.39, 0.29) is 11.9 Å². The highest BCUT2D eigenvalue weighted by atomic mass is 32.1. The SMILES string of the molecule is CCOC(=O)C1CCCc2sc(N3CCCC(C)C3)nc21. The molecule has 116 valence electrons. The molecule has 3 rings (SSSR count). The zero-order valence-electron chi connectivity index (χ0n) is 12.9. The number of ether oxygens (including phenoxy) is 1. The summed E-state index contributed by atoms with van der Waals surface area (Å²) in [6, 6.07) is 0. The molecule has 1 aromatic heterocycles. The van der Waals surface area contributed by atoms with Gasteiger partial charge in [0, 0.05) is 18.0 Å². The Balaban J connectivity index is 1.82. The number of hydrogen-bond donors (Lipinski definition) is 0. The monoisotopic (exact) mass is 308 g/mol. The van der Waals surface area contributed by atoms with Gasteiger partial charge in [-0.05, 0) is 44.9 Å². The second kappa shape index (κ2) is 6.34. The Morgan fingerprint density at radius 3 is 3.05 bits per heavy atom. The molecule has 4 nitrogen and oxygen atoms in total. The van der Waals surface area contributed by atoms with Gasteiger partial charge in [0.15, 0.2) is 5.13 Å². The van der Waals surface area contributed by atoms with Crippen LogP contribution in [-0.2, 0) is 16.0 Å². The molecule has 1 aliphatic carbocycles. The van der Waals surface area contributed by atoms with Crippen LogP contribution >= 0.6 is 11.3 Å². The summed E-state index contributed by atoms with van der Waals surface area (Å²) in [6.07, 6.45) is 5.56. The molecule has 0 N–H and O–H groups in total. The molecule has 1 saturated heterocycles. The summed E-state index contributed by atoms with van der Waals surface area (Å²) < 4.78 is 5.22. The van der Waals surface area contributed by atoms with Crippen molar-refractivity contribution in [1.29, 1.82) is 0 Å². The molecule has 0 saturated carbocycles. The molecule has 0 aromatic carbocycles. The van der Waals surface area contributed by atoms with Crippen molar-refractivity contribution >= 4 is 22.4 Å². The smallest absolute Gasteiger partial charge is 0.315 e. The maximum atomic E-state index is 12.1. The fourth-order valence-corrected chi connectivity index (χ4v) is 4.57. The molecule has 1 aromatic rings. The van der Waals surface area contributed by atoms with Gasteiger partial charge in [-0.25, -0.2) is 4.98 Å². The number of aromatic nitrogens is 1. The number of piperidine rings is 1. The van der Waals surface area contributed by atoms with Crippen LogP contribution in [0.25, 0.3) is 0 Å². The van der Waals surface area contributed by atoms with E-state index >= 15 is 0 Å². The van der Waals surface area contributed by atoms with Crippen molar-refractivity contribution in [3.63, 3.8) is 0 Å². The maximum Gasteiger partial charge on any atom is 0.315 e. The Hall–Kier alpha value is -1.10. The Kier molecular flexibility index (Phi) is 4.48. The van der Waals surface area contributed by atoms with E-state index in [1.54, 1.807) is 11.3 Å². The van der Waals surface area contributed by atoms with E-state index in [9.17, 15) is 4.79 Å². The number of fused-ring (bicyclic) bond motifs is 1. The number of esters is 1. The summed E-state index contributed by atoms with van der Waals surface area (Å²) in [5.41, 5.74) is 0.998. The van der Waals surface area contributed by atoms with E-state index in [2.05, 4.69) is 11.8 Å². The summed E-state index contributed by atoms with van der Waals surface area (Å²) in [7, 11) is 0. The number of hydrogen-bond acceptors (Lipinski definition) is 5. The van der Waals surface area contributed by atoms with Gasteiger partial charge in [0.25, 0.3) is 0 Å². The summed E-state index contributed by atoms with van der Waals surface area (Å²) >= 11 is 1.79. The molecule has 0 bridgehead atoms. The zero-order chi connectivity index (χ0) is 14.8. The zero-order valence-corrected chi connectivity index (χ0v) is 13.7. The summed E-state index contributed by atoms with van der Waals surface area (Å²) in [4.78, 5) is 20.7. The third kappa shape index (κ3) is 3.07. The van der Waals surface area contributed by atoms with Crippen LogP contribution in [0.3, 0.4) is 0 Å². The Bertz CT molecular complexity index is 514. The van der Waals surface area contributed by atoms with Crippen LogP contribution < -0.4 is 4.90 Å². The number of aryl methyl sites for hydroxylation is 1. The van der Waals surface area contributed by atoms with Crippen LogP contribution in [0.5, 0.6) is 0 Å². The van der Waals surface area contributed by atoms with E-state index in [1.165, 1.54) is 17.7 Å². The minimum atomic E-state index is -0.138. The van der Waals surface area contributed by atoms with Crippen molar-refractivity contribution < 1.29 is 9.53 Å². The van der Waals surface area contributed by atoms with Crippen LogP contribution in [0, 0.1) is 5.92 Å². The number of carbonyl (C=O) groups excluding carboxylic acids is 1. The normalized spacial score (nSPS) is 25.5. The molecule has 2 heterocycles. The van der Waals surface area contributed by atoms with E-state index in [0.29, 0.717) is 6.61 Å². The number of thiazole rings is 1. The minimum Gasteiger partial charge on any atom is -0.465 e. The van der Waals surface area contributed by atoms with Gasteiger partial charge in [0.05, 0.1) is 12.3 Å². The van der Waals surface area contributed by atoms with Gasteiger partial charge in [0.1, 0.15) is 5.92 Å². The van der Waals surface area contributed by atoms with E-state index in [0.717, 1.165) is 49.1 Å². The van der Waals surface area contributed by atoms with Crippen LogP contribution in [0.1, 0.15) is 56.0 Å². The van der Waals surface area contributed by atoms with Gasteiger partial charge < -0.3 is 9.64 Å². The van der Waals surface area contributed by atoms with E-state index < -0.39 is 0 Å². The van der Waals surface area contributed by atoms with Gasteiger partial charge in [-0.1, -0.05) is 6.92 Å². The van der Waals surface area contributed by atoms with Crippen molar-refractivity contribution in [2.45, 2.75) is 51.9 Å². The predicted molar refractivity (Wildman–Crippen MR) is 85.0 cm³/mol. The predicted octanol–water partition coefficient (Wildman–Crippen LogP) is 3.36. The first-order valence-electron chi connectivity index (χ1n) is 8.10. The van der Waals surface area contributed by atoms with Gasteiger partial charge >= 0.3 is 5.97 Å². The second-order valence-electron chi connectivity index (χ2n) is 6.20. The van der Waals surface area contributed by atoms with Crippen LogP contribution in [-0.4, -0.2) is 30.6 Å². The van der Waals surface area contributed by atoms with Gasteiger partial charge in [-0.3, -0.25) is 4.79 Å². The number of nitrogens with zero attached hydrogens (tertiary/aromatic N) is 2. The first kappa shape index (κ1) is 14.8. The lowest BCUT2D eigenvalue weighted by Gasteiger charge is -2.30. The molecule has 1 fully saturated rings. The molecule has 21 heavy (non-hydrogen) atoms. The molecule has 5 heteroatoms. The average Bonchev–Trinajstić information content (AvgIpc) is 2.91. The molecule has 0 radical (unpaired) electrons. The van der Waals surface area contributed by atoms with Crippen LogP contribution in [0.2, 0.25) is 0 Å². The maximum absolute atomic E-state index is 12.1. The van der Waals surface area contributed by atoms with Gasteiger partial charge in [-0.2, -0.15) is 0 Å². The second-order valence-corrected chi connectivity index (χ2v) is 7.26. The van der Waals surface area contributed by atoms with Crippen molar-refractivity contribution in [3.8, 4) is 0 Å². The molecule has 0 amide bonds. The largest absolute Gasteiger partial charge is 0.465 e. The average molecular weight is 308 g/mol. The lowest BCUT2D eigenvalue weighted by atomic mass is 9.91. The molecule has 2 aliphatic rings. The highest BCUT2D eigenvalue weighted by Crippen LogP contribution is 2.39. The number of rotatable bonds is 3. The Labute approximate surface area is 130 Å². The summed E-state index contributed by atoms with van der Waals surface area (Å²) in [5, 5.41) is 1.11. The fraction of sp³-hybridized carbons (Fsp3) is 0.750. The third-order valence-corrected chi connectivity index (χ3v) is 5.63. The van der Waals surface area contributed by atoms with Crippen molar-refractivity contribution in [1.82, 2.24) is 4.98 Å². The molecule has 1 aliphatic heterocycles. The standard InChI is InChI=1S/C16H24N2O2S/c1-3-20-15(19)12-7-4-8-13-14(12)17-16(21-13)18-9-5-6-11(2)10-18/h11-12H,3-10H2,1-2H3. The van der Waals surface area contributed by atoms with E-state index in [4.69, 9.17) is 9.72 Å². The molecular formula is C16H24N2O2S. The van der Waals surface area contributed by atoms with Gasteiger partial charge in [-0.15, -0.1) is 11.3 Å². The molecule has 0 spiro atoms. The minimum absolute atomic E-state index is 0.0951. The first-order chi connectivity index (χ1) is 10.2. The Morgan fingerprint density at radius 1 is 1.43 bits per heavy atom. The van der Waals surface area contributed by atoms with Crippen LogP contribution in [0.4, 0.5) is 5.13 Å². The van der Waals surface area contributed by atoms with Crippen molar-refractivity contribution in [2.75, 3.05) is 24.6 Å². The number of anilines is 1. The lowest BCUT2D eigenvalue weighted by Crippen LogP contribution is -2.34. The van der Waals surface area contributed by atoms with Crippen molar-refractivity contribution in [2.24, 2.45) is 5.92 Å². The Morgan fingerprint density at radius 2 is 2.29 bits per heavy atom. The fourth-order valence-electron chi connectivity index (χ4n) is 3.38. The van der Waals surface area contributed by atoms with Crippen LogP contribution in [0.15, 0.2) is 0 Å². The highest BCUT2D eigenvalue weighted by Gasteiger charge is 2.32. The molecule has 2 atom stereocenters. The molecular weight excluding hydrogens is 284 g/mol. The third-order valence-electron chi connectivity index (χ3n) is 4.44. The highest BCUT2D eigenvalue weighted by molar-refractivity contribution is 7.15. The summed E-state index contributed by atoms with van der Waals surface area (Å²) in [5.74, 6) is 0.503.